The summed E-state index contributed by atoms with van der Waals surface area (Å²) in [5.41, 5.74) is -2.10. The smallest absolute Gasteiger partial charge is 0.442 e. The Morgan fingerprint density at radius 3 is 1.30 bits per heavy atom. The summed E-state index contributed by atoms with van der Waals surface area (Å²) in [5.74, 6) is 0. The normalized spacial score (nSPS) is 17.1. The Hall–Kier alpha value is -2.21. The van der Waals surface area contributed by atoms with Crippen molar-refractivity contribution in [1.29, 1.82) is 0 Å². The minimum Gasteiger partial charge on any atom is -0.442 e. The van der Waals surface area contributed by atoms with Crippen LogP contribution in [0.5, 0.6) is 0 Å². The molecule has 17 heteroatoms. The lowest BCUT2D eigenvalue weighted by Crippen LogP contribution is -2.52. The first kappa shape index (κ1) is 41.8. The van der Waals surface area contributed by atoms with Crippen LogP contribution in [-0.4, -0.2) is 105 Å². The van der Waals surface area contributed by atoms with Crippen LogP contribution >= 0.6 is 0 Å². The molecule has 0 spiro atoms. The second-order valence-electron chi connectivity index (χ2n) is 13.4. The molecule has 0 unspecified atom stereocenters. The van der Waals surface area contributed by atoms with E-state index in [4.69, 9.17) is 14.2 Å². The van der Waals surface area contributed by atoms with Crippen LogP contribution in [0, 0.1) is 0 Å². The summed E-state index contributed by atoms with van der Waals surface area (Å²) in [7, 11) is -6.70. The maximum absolute atomic E-state index is 12.0. The Labute approximate surface area is 263 Å². The van der Waals surface area contributed by atoms with Crippen LogP contribution in [0.25, 0.3) is 0 Å². The van der Waals surface area contributed by atoms with E-state index in [9.17, 15) is 31.2 Å². The Balaban J connectivity index is 0.000000649. The molecular formula is C27H54N4O11S2. The van der Waals surface area contributed by atoms with Gasteiger partial charge in [-0.2, -0.15) is 0 Å². The highest BCUT2D eigenvalue weighted by molar-refractivity contribution is 7.89. The Bertz CT molecular complexity index is 1100. The van der Waals surface area contributed by atoms with Crippen molar-refractivity contribution in [3.63, 3.8) is 0 Å². The molecule has 2 fully saturated rings. The molecule has 0 aromatic carbocycles. The van der Waals surface area contributed by atoms with Gasteiger partial charge in [-0.3, -0.25) is 0 Å². The van der Waals surface area contributed by atoms with E-state index < -0.39 is 55.3 Å². The van der Waals surface area contributed by atoms with Crippen LogP contribution in [-0.2, 0) is 39.0 Å². The van der Waals surface area contributed by atoms with Crippen molar-refractivity contribution in [2.75, 3.05) is 38.7 Å². The van der Waals surface area contributed by atoms with Gasteiger partial charge in [0.25, 0.3) is 10.0 Å². The fourth-order valence-corrected chi connectivity index (χ4v) is 5.19. The first-order valence-electron chi connectivity index (χ1n) is 14.5. The standard InChI is InChI=1S/C11H22N2O4S.C10H18O5.C6H14N2O2S/c1-11(2,3)17-10(14)13(18(4,15)16)12-8-6-5-7-9-12;1-9(2,3)14-7(11)13-8(12)15-10(4,5)6;1-11(9,10)7-8-5-3-2-4-6-8/h5-9H2,1-4H3;1-6H3;7H,2-6H2,1H3. The molecule has 0 aromatic rings. The molecule has 0 aromatic heterocycles. The first-order valence-corrected chi connectivity index (χ1v) is 18.3. The number of hydrogen-bond acceptors (Lipinski definition) is 13. The third-order valence-electron chi connectivity index (χ3n) is 5.05. The molecule has 260 valence electrons. The third-order valence-corrected chi connectivity index (χ3v) is 6.65. The first-order chi connectivity index (χ1) is 19.7. The van der Waals surface area contributed by atoms with Gasteiger partial charge in [0.05, 0.1) is 12.5 Å². The van der Waals surface area contributed by atoms with Crippen LogP contribution < -0.4 is 4.83 Å². The predicted octanol–water partition coefficient (Wildman–Crippen LogP) is 4.39. The molecule has 2 aliphatic rings. The number of carbonyl (C=O) groups is 3. The number of amides is 1. The van der Waals surface area contributed by atoms with Gasteiger partial charge in [0.15, 0.2) is 0 Å². The van der Waals surface area contributed by atoms with Gasteiger partial charge in [-0.05, 0) is 88.0 Å². The average molecular weight is 675 g/mol. The minimum absolute atomic E-state index is 0.562. The SMILES string of the molecule is CC(C)(C)OC(=O)N(N1CCCCC1)S(C)(=O)=O.CC(C)(C)OC(=O)OC(=O)OC(C)(C)C.CS(=O)(=O)NN1CCCCC1. The molecule has 2 saturated heterocycles. The second-order valence-corrected chi connectivity index (χ2v) is 17.0. The molecule has 1 amide bonds. The van der Waals surface area contributed by atoms with Crippen molar-refractivity contribution in [2.45, 2.75) is 118 Å². The van der Waals surface area contributed by atoms with Crippen molar-refractivity contribution < 1.29 is 50.2 Å². The Kier molecular flexibility index (Phi) is 16.6. The summed E-state index contributed by atoms with van der Waals surface area (Å²) in [6.07, 6.45) is 5.46. The maximum Gasteiger partial charge on any atom is 0.519 e. The van der Waals surface area contributed by atoms with E-state index >= 15 is 0 Å². The van der Waals surface area contributed by atoms with Gasteiger partial charge in [0, 0.05) is 26.2 Å². The molecule has 15 nitrogen and oxygen atoms in total. The summed E-state index contributed by atoms with van der Waals surface area (Å²) < 4.78 is 64.7. The Morgan fingerprint density at radius 2 is 0.977 bits per heavy atom. The molecule has 1 N–H and O–H groups in total. The topological polar surface area (TPSA) is 178 Å². The molecule has 44 heavy (non-hydrogen) atoms. The van der Waals surface area contributed by atoms with Gasteiger partial charge in [-0.1, -0.05) is 12.8 Å². The van der Waals surface area contributed by atoms with Gasteiger partial charge in [-0.15, -0.1) is 9.25 Å². The maximum atomic E-state index is 12.0. The zero-order chi connectivity index (χ0) is 34.6. The summed E-state index contributed by atoms with van der Waals surface area (Å²) in [6, 6.07) is 0. The van der Waals surface area contributed by atoms with Crippen molar-refractivity contribution in [3.05, 3.63) is 0 Å². The highest BCUT2D eigenvalue weighted by Crippen LogP contribution is 2.18. The van der Waals surface area contributed by atoms with E-state index in [1.807, 2.05) is 0 Å². The quantitative estimate of drug-likeness (QED) is 0.252. The zero-order valence-corrected chi connectivity index (χ0v) is 29.9. The van der Waals surface area contributed by atoms with E-state index in [0.29, 0.717) is 13.1 Å². The summed E-state index contributed by atoms with van der Waals surface area (Å²) in [5, 5.41) is 3.31. The highest BCUT2D eigenvalue weighted by Gasteiger charge is 2.34. The van der Waals surface area contributed by atoms with E-state index in [2.05, 4.69) is 9.57 Å². The highest BCUT2D eigenvalue weighted by atomic mass is 32.2. The molecule has 2 heterocycles. The van der Waals surface area contributed by atoms with Gasteiger partial charge in [0.1, 0.15) is 16.8 Å². The zero-order valence-electron chi connectivity index (χ0n) is 28.2. The summed E-state index contributed by atoms with van der Waals surface area (Å²) in [6.45, 7) is 18.0. The lowest BCUT2D eigenvalue weighted by Gasteiger charge is -2.36. The largest absolute Gasteiger partial charge is 0.519 e. The number of hydrazine groups is 2. The Morgan fingerprint density at radius 1 is 0.614 bits per heavy atom. The molecule has 2 aliphatic heterocycles. The van der Waals surface area contributed by atoms with E-state index in [-0.39, 0.29) is 0 Å². The fourth-order valence-electron chi connectivity index (χ4n) is 3.65. The summed E-state index contributed by atoms with van der Waals surface area (Å²) in [4.78, 5) is 36.5. The number of piperidine rings is 2. The molecule has 0 bridgehead atoms. The van der Waals surface area contributed by atoms with Gasteiger partial charge < -0.3 is 18.9 Å². The molecule has 0 saturated carbocycles. The molecule has 0 aliphatic carbocycles. The van der Waals surface area contributed by atoms with Crippen molar-refractivity contribution in [3.8, 4) is 0 Å². The molecular weight excluding hydrogens is 620 g/mol. The van der Waals surface area contributed by atoms with Crippen LogP contribution in [0.4, 0.5) is 14.4 Å². The van der Waals surface area contributed by atoms with Crippen LogP contribution in [0.3, 0.4) is 0 Å². The van der Waals surface area contributed by atoms with Gasteiger partial charge >= 0.3 is 18.4 Å². The van der Waals surface area contributed by atoms with E-state index in [1.54, 1.807) is 72.3 Å². The number of nitrogens with one attached hydrogen (secondary N) is 1. The second kappa shape index (κ2) is 17.5. The lowest BCUT2D eigenvalue weighted by atomic mass is 10.2. The lowest BCUT2D eigenvalue weighted by molar-refractivity contribution is -0.0295. The molecule has 0 atom stereocenters. The number of nitrogens with zero attached hydrogens (tertiary/aromatic N) is 3. The van der Waals surface area contributed by atoms with Crippen LogP contribution in [0.1, 0.15) is 101 Å². The third kappa shape index (κ3) is 22.3. The van der Waals surface area contributed by atoms with E-state index in [0.717, 1.165) is 55.9 Å². The van der Waals surface area contributed by atoms with E-state index in [1.165, 1.54) is 12.7 Å². The number of carbonyl (C=O) groups excluding carboxylic acids is 3. The molecule has 2 rings (SSSR count). The predicted molar refractivity (Wildman–Crippen MR) is 165 cm³/mol. The van der Waals surface area contributed by atoms with Gasteiger partial charge in [-0.25, -0.2) is 41.2 Å². The number of ether oxygens (including phenoxy) is 4. The number of sulfonamides is 2. The van der Waals surface area contributed by atoms with Crippen LogP contribution in [0.15, 0.2) is 0 Å². The van der Waals surface area contributed by atoms with Gasteiger partial charge in [0.2, 0.25) is 10.0 Å². The number of rotatable bonds is 4. The van der Waals surface area contributed by atoms with Crippen molar-refractivity contribution in [2.24, 2.45) is 0 Å². The van der Waals surface area contributed by atoms with Crippen molar-refractivity contribution in [1.82, 2.24) is 19.3 Å². The average Bonchev–Trinajstić information content (AvgIpc) is 2.75. The van der Waals surface area contributed by atoms with Crippen molar-refractivity contribution >= 4 is 38.5 Å². The molecule has 0 radical (unpaired) electrons. The van der Waals surface area contributed by atoms with Crippen LogP contribution in [0.2, 0.25) is 0 Å². The monoisotopic (exact) mass is 674 g/mol. The minimum atomic E-state index is -3.65. The fraction of sp³-hybridized carbons (Fsp3) is 0.889. The number of hydrogen-bond donors (Lipinski definition) is 1. The summed E-state index contributed by atoms with van der Waals surface area (Å²) >= 11 is 0.